The van der Waals surface area contributed by atoms with Crippen LogP contribution in [-0.4, -0.2) is 70.0 Å². The Labute approximate surface area is 318 Å². The molecule has 8 nitrogen and oxygen atoms in total. The summed E-state index contributed by atoms with van der Waals surface area (Å²) < 4.78 is 10.3. The number of esters is 2. The Morgan fingerprint density at radius 2 is 1.19 bits per heavy atom. The van der Waals surface area contributed by atoms with Crippen molar-refractivity contribution in [3.8, 4) is 0 Å². The zero-order valence-electron chi connectivity index (χ0n) is 33.6. The van der Waals surface area contributed by atoms with Gasteiger partial charge in [0.2, 0.25) is 0 Å². The van der Waals surface area contributed by atoms with Crippen LogP contribution in [0.3, 0.4) is 0 Å². The molecule has 0 radical (unpaired) electrons. The fourth-order valence-corrected chi connectivity index (χ4v) is 7.06. The molecule has 0 spiro atoms. The zero-order chi connectivity index (χ0) is 38.2. The van der Waals surface area contributed by atoms with Crippen LogP contribution in [0.2, 0.25) is 0 Å². The maximum atomic E-state index is 12.1. The van der Waals surface area contributed by atoms with Crippen LogP contribution in [0.25, 0.3) is 0 Å². The lowest BCUT2D eigenvalue weighted by Gasteiger charge is -2.19. The summed E-state index contributed by atoms with van der Waals surface area (Å²) in [5, 5.41) is 41.2. The first kappa shape index (κ1) is 48.3. The largest absolute Gasteiger partial charge is 0.463 e. The van der Waals surface area contributed by atoms with Crippen molar-refractivity contribution >= 4 is 11.9 Å². The number of ether oxygens (including phenoxy) is 2. The molecule has 4 N–H and O–H groups in total. The molecule has 0 saturated heterocycles. The van der Waals surface area contributed by atoms with E-state index in [2.05, 4.69) is 20.8 Å². The number of hydrogen-bond donors (Lipinski definition) is 4. The molecule has 0 aromatic carbocycles. The second-order valence-electron chi connectivity index (χ2n) is 15.7. The van der Waals surface area contributed by atoms with Gasteiger partial charge in [0.1, 0.15) is 19.3 Å². The fraction of sp³-hybridized carbons (Fsp3) is 0.864. The van der Waals surface area contributed by atoms with Gasteiger partial charge in [-0.1, -0.05) is 161 Å². The van der Waals surface area contributed by atoms with Crippen molar-refractivity contribution < 1.29 is 39.5 Å². The Morgan fingerprint density at radius 3 is 1.75 bits per heavy atom. The molecule has 0 amide bonds. The van der Waals surface area contributed by atoms with Crippen molar-refractivity contribution in [1.82, 2.24) is 0 Å². The van der Waals surface area contributed by atoms with Crippen LogP contribution in [-0.2, 0) is 19.1 Å². The van der Waals surface area contributed by atoms with Gasteiger partial charge in [-0.2, -0.15) is 0 Å². The van der Waals surface area contributed by atoms with Gasteiger partial charge in [-0.3, -0.25) is 9.59 Å². The molecule has 52 heavy (non-hydrogen) atoms. The predicted molar refractivity (Wildman–Crippen MR) is 212 cm³/mol. The molecule has 1 unspecified atom stereocenters. The summed E-state index contributed by atoms with van der Waals surface area (Å²) in [5.41, 5.74) is 0. The van der Waals surface area contributed by atoms with E-state index < -0.39 is 30.4 Å². The molecule has 0 bridgehead atoms. The van der Waals surface area contributed by atoms with E-state index in [1.807, 2.05) is 18.2 Å². The highest BCUT2D eigenvalue weighted by Crippen LogP contribution is 2.36. The summed E-state index contributed by atoms with van der Waals surface area (Å²) in [4.78, 5) is 24.1. The van der Waals surface area contributed by atoms with Crippen molar-refractivity contribution in [3.63, 3.8) is 0 Å². The van der Waals surface area contributed by atoms with E-state index in [-0.39, 0.29) is 37.4 Å². The Balaban J connectivity index is 2.00. The molecule has 8 heteroatoms. The van der Waals surface area contributed by atoms with Gasteiger partial charge in [0.15, 0.2) is 0 Å². The van der Waals surface area contributed by atoms with Crippen LogP contribution in [0.5, 0.6) is 0 Å². The lowest BCUT2D eigenvalue weighted by molar-refractivity contribution is -0.152. The first-order chi connectivity index (χ1) is 25.2. The predicted octanol–water partition coefficient (Wildman–Crippen LogP) is 9.69. The molecule has 1 aliphatic rings. The second kappa shape index (κ2) is 32.7. The van der Waals surface area contributed by atoms with Crippen molar-refractivity contribution in [2.75, 3.05) is 13.2 Å². The number of allylic oxidation sites excluding steroid dienone is 2. The Morgan fingerprint density at radius 1 is 0.673 bits per heavy atom. The smallest absolute Gasteiger partial charge is 0.305 e. The monoisotopic (exact) mass is 737 g/mol. The van der Waals surface area contributed by atoms with E-state index in [1.54, 1.807) is 6.08 Å². The number of rotatable bonds is 34. The number of carbonyl (C=O) groups is 2. The number of unbranched alkanes of at least 4 members (excludes halogenated alkanes) is 16. The van der Waals surface area contributed by atoms with Gasteiger partial charge < -0.3 is 29.9 Å². The van der Waals surface area contributed by atoms with Gasteiger partial charge in [0.25, 0.3) is 0 Å². The topological polar surface area (TPSA) is 134 Å². The quantitative estimate of drug-likeness (QED) is 0.0292. The molecule has 304 valence electrons. The van der Waals surface area contributed by atoms with Crippen molar-refractivity contribution in [2.45, 2.75) is 212 Å². The first-order valence-electron chi connectivity index (χ1n) is 21.5. The third-order valence-electron chi connectivity index (χ3n) is 10.8. The van der Waals surface area contributed by atoms with Gasteiger partial charge in [-0.05, 0) is 43.9 Å². The van der Waals surface area contributed by atoms with Crippen LogP contribution in [0.4, 0.5) is 0 Å². The SMILES string of the molecule is CCCCC[C@H](O)/C=C/[C@@H]1[C@@H](C/C=C/CCCC(=O)OC[C@H](O)COC(=O)CCCCCCCCCCCCCCCCC(C)CC)[C@@H](O)C[C@H]1O. The maximum absolute atomic E-state index is 12.1. The van der Waals surface area contributed by atoms with Crippen LogP contribution < -0.4 is 0 Å². The van der Waals surface area contributed by atoms with Gasteiger partial charge in [0.05, 0.1) is 18.3 Å². The molecule has 1 saturated carbocycles. The van der Waals surface area contributed by atoms with Gasteiger partial charge in [0, 0.05) is 25.2 Å². The minimum Gasteiger partial charge on any atom is -0.463 e. The van der Waals surface area contributed by atoms with Crippen LogP contribution in [0, 0.1) is 17.8 Å². The summed E-state index contributed by atoms with van der Waals surface area (Å²) in [6.45, 7) is 6.39. The fourth-order valence-electron chi connectivity index (χ4n) is 7.06. The molecule has 7 atom stereocenters. The molecular weight excluding hydrogens is 656 g/mol. The summed E-state index contributed by atoms with van der Waals surface area (Å²) in [6, 6.07) is 0. The minimum atomic E-state index is -1.04. The van der Waals surface area contributed by atoms with E-state index in [1.165, 1.54) is 83.5 Å². The zero-order valence-corrected chi connectivity index (χ0v) is 33.6. The van der Waals surface area contributed by atoms with Gasteiger partial charge in [-0.15, -0.1) is 0 Å². The Kier molecular flexibility index (Phi) is 30.3. The lowest BCUT2D eigenvalue weighted by atomic mass is 9.89. The van der Waals surface area contributed by atoms with Crippen LogP contribution >= 0.6 is 0 Å². The van der Waals surface area contributed by atoms with E-state index in [0.717, 1.165) is 44.4 Å². The molecule has 0 heterocycles. The van der Waals surface area contributed by atoms with Gasteiger partial charge >= 0.3 is 11.9 Å². The average molecular weight is 737 g/mol. The highest BCUT2D eigenvalue weighted by Gasteiger charge is 2.39. The molecular formula is C44H80O8. The van der Waals surface area contributed by atoms with E-state index in [9.17, 15) is 30.0 Å². The molecule has 1 fully saturated rings. The van der Waals surface area contributed by atoms with Crippen molar-refractivity contribution in [2.24, 2.45) is 17.8 Å². The summed E-state index contributed by atoms with van der Waals surface area (Å²) in [5.74, 6) is -0.160. The van der Waals surface area contributed by atoms with E-state index >= 15 is 0 Å². The van der Waals surface area contributed by atoms with Gasteiger partial charge in [-0.25, -0.2) is 0 Å². The maximum Gasteiger partial charge on any atom is 0.305 e. The highest BCUT2D eigenvalue weighted by molar-refractivity contribution is 5.69. The summed E-state index contributed by atoms with van der Waals surface area (Å²) in [6.07, 6.45) is 31.8. The van der Waals surface area contributed by atoms with E-state index in [0.29, 0.717) is 38.5 Å². The lowest BCUT2D eigenvalue weighted by Crippen LogP contribution is -2.25. The van der Waals surface area contributed by atoms with Crippen LogP contribution in [0.1, 0.15) is 188 Å². The second-order valence-corrected chi connectivity index (χ2v) is 15.7. The van der Waals surface area contributed by atoms with Crippen molar-refractivity contribution in [1.29, 1.82) is 0 Å². The summed E-state index contributed by atoms with van der Waals surface area (Å²) >= 11 is 0. The molecule has 1 rings (SSSR count). The normalized spacial score (nSPS) is 20.8. The standard InChI is InChI=1S/C44H80O8/c1-4-6-21-27-37(45)31-32-40-39(41(47)33-42(40)48)28-23-19-20-25-30-44(50)52-35-38(46)34-51-43(49)29-24-18-16-14-12-10-8-7-9-11-13-15-17-22-26-36(3)5-2/h19,23,31-32,36-42,45-48H,4-18,20-22,24-30,33-35H2,1-3H3/b23-19+,32-31+/t36?,37-,38+,39+,40+,41-,42+/m0/s1. The molecule has 0 aromatic heterocycles. The number of carbonyl (C=O) groups excluding carboxylic acids is 2. The molecule has 0 aliphatic heterocycles. The number of aliphatic hydroxyl groups excluding tert-OH is 4. The van der Waals surface area contributed by atoms with Crippen LogP contribution in [0.15, 0.2) is 24.3 Å². The molecule has 0 aromatic rings. The molecule has 1 aliphatic carbocycles. The Hall–Kier alpha value is -1.74. The number of aliphatic hydroxyl groups is 4. The van der Waals surface area contributed by atoms with Crippen molar-refractivity contribution in [3.05, 3.63) is 24.3 Å². The highest BCUT2D eigenvalue weighted by atomic mass is 16.6. The first-order valence-corrected chi connectivity index (χ1v) is 21.5. The third-order valence-corrected chi connectivity index (χ3v) is 10.8. The van der Waals surface area contributed by atoms with E-state index in [4.69, 9.17) is 9.47 Å². The third kappa shape index (κ3) is 26.1. The minimum absolute atomic E-state index is 0.117. The Bertz CT molecular complexity index is 920. The summed E-state index contributed by atoms with van der Waals surface area (Å²) in [7, 11) is 0. The average Bonchev–Trinajstić information content (AvgIpc) is 3.40. The number of hydrogen-bond acceptors (Lipinski definition) is 8.